The van der Waals surface area contributed by atoms with E-state index < -0.39 is 10.0 Å². The van der Waals surface area contributed by atoms with E-state index in [2.05, 4.69) is 11.0 Å². The average molecular weight is 472 g/mol. The number of hydrogen-bond acceptors (Lipinski definition) is 5. The van der Waals surface area contributed by atoms with Crippen molar-refractivity contribution in [1.29, 1.82) is 0 Å². The number of benzene rings is 2. The summed E-state index contributed by atoms with van der Waals surface area (Å²) in [6, 6.07) is 15.7. The van der Waals surface area contributed by atoms with Crippen LogP contribution < -0.4 is 9.64 Å². The summed E-state index contributed by atoms with van der Waals surface area (Å²) in [5, 5.41) is 0. The highest BCUT2D eigenvalue weighted by Gasteiger charge is 2.40. The second-order valence-corrected chi connectivity index (χ2v) is 10.9. The van der Waals surface area contributed by atoms with Crippen LogP contribution in [0.1, 0.15) is 37.3 Å². The highest BCUT2D eigenvalue weighted by Crippen LogP contribution is 2.33. The van der Waals surface area contributed by atoms with Gasteiger partial charge in [-0.15, -0.1) is 0 Å². The normalized spacial score (nSPS) is 22.5. The van der Waals surface area contributed by atoms with Gasteiger partial charge in [-0.3, -0.25) is 9.69 Å². The second kappa shape index (κ2) is 9.83. The highest BCUT2D eigenvalue weighted by molar-refractivity contribution is 7.88. The summed E-state index contributed by atoms with van der Waals surface area (Å²) in [7, 11) is -1.71. The van der Waals surface area contributed by atoms with Gasteiger partial charge in [-0.1, -0.05) is 36.4 Å². The summed E-state index contributed by atoms with van der Waals surface area (Å²) in [6.45, 7) is 3.93. The third-order valence-electron chi connectivity index (χ3n) is 6.73. The standard InChI is InChI=1S/C25H33N3O4S/c1-19(29)27-15-14-22-12-13-23(28(22)33(3,30)31)18-26(16-20-8-4-6-10-24(20)27)17-21-9-5-7-11-25(21)32-2/h4-11,22-23H,12-18H2,1-3H3/t22-,23+/m1/s1. The van der Waals surface area contributed by atoms with E-state index in [1.54, 1.807) is 23.2 Å². The number of ether oxygens (including phenoxy) is 1. The fraction of sp³-hybridized carbons (Fsp3) is 0.480. The maximum atomic E-state index is 12.8. The zero-order valence-corrected chi connectivity index (χ0v) is 20.4. The van der Waals surface area contributed by atoms with E-state index in [0.29, 0.717) is 32.6 Å². The van der Waals surface area contributed by atoms with Gasteiger partial charge >= 0.3 is 0 Å². The molecular formula is C25H33N3O4S. The first-order valence-corrected chi connectivity index (χ1v) is 13.3. The predicted octanol–water partition coefficient (Wildman–Crippen LogP) is 3.25. The SMILES string of the molecule is COc1ccccc1CN1Cc2ccccc2N(C(C)=O)CC[C@H]2CC[C@@H](C1)N2S(C)(=O)=O. The molecule has 0 aromatic heterocycles. The fourth-order valence-corrected chi connectivity index (χ4v) is 6.82. The Morgan fingerprint density at radius 1 is 1.03 bits per heavy atom. The van der Waals surface area contributed by atoms with Gasteiger partial charge < -0.3 is 9.64 Å². The van der Waals surface area contributed by atoms with Crippen molar-refractivity contribution in [3.63, 3.8) is 0 Å². The molecule has 0 aliphatic carbocycles. The molecule has 2 heterocycles. The van der Waals surface area contributed by atoms with E-state index in [9.17, 15) is 13.2 Å². The molecule has 2 aliphatic heterocycles. The molecule has 8 heteroatoms. The van der Waals surface area contributed by atoms with Gasteiger partial charge in [0, 0.05) is 56.4 Å². The quantitative estimate of drug-likeness (QED) is 0.685. The lowest BCUT2D eigenvalue weighted by Crippen LogP contribution is -2.46. The number of anilines is 1. The Balaban J connectivity index is 1.76. The van der Waals surface area contributed by atoms with Crippen molar-refractivity contribution in [3.8, 4) is 5.75 Å². The molecule has 1 amide bonds. The van der Waals surface area contributed by atoms with Gasteiger partial charge in [-0.05, 0) is 37.0 Å². The molecule has 2 aromatic rings. The van der Waals surface area contributed by atoms with Crippen LogP contribution in [-0.4, -0.2) is 62.1 Å². The Hall–Kier alpha value is -2.42. The van der Waals surface area contributed by atoms with Crippen molar-refractivity contribution in [2.75, 3.05) is 31.4 Å². The first-order chi connectivity index (χ1) is 15.8. The lowest BCUT2D eigenvalue weighted by atomic mass is 10.1. The number of para-hydroxylation sites is 2. The van der Waals surface area contributed by atoms with Gasteiger partial charge in [0.05, 0.1) is 13.4 Å². The van der Waals surface area contributed by atoms with Crippen LogP contribution in [0.25, 0.3) is 0 Å². The lowest BCUT2D eigenvalue weighted by Gasteiger charge is -2.32. The van der Waals surface area contributed by atoms with Crippen LogP contribution in [0.3, 0.4) is 0 Å². The van der Waals surface area contributed by atoms with Gasteiger partial charge in [0.25, 0.3) is 0 Å². The monoisotopic (exact) mass is 471 g/mol. The van der Waals surface area contributed by atoms with Gasteiger partial charge in [-0.2, -0.15) is 4.31 Å². The number of nitrogens with zero attached hydrogens (tertiary/aromatic N) is 3. The number of carbonyl (C=O) groups is 1. The summed E-state index contributed by atoms with van der Waals surface area (Å²) < 4.78 is 32.9. The van der Waals surface area contributed by atoms with E-state index in [1.807, 2.05) is 42.5 Å². The molecule has 178 valence electrons. The zero-order valence-electron chi connectivity index (χ0n) is 19.6. The number of hydrogen-bond donors (Lipinski definition) is 0. The summed E-state index contributed by atoms with van der Waals surface area (Å²) >= 11 is 0. The molecule has 2 atom stereocenters. The minimum atomic E-state index is -3.38. The number of carbonyl (C=O) groups excluding carboxylic acids is 1. The van der Waals surface area contributed by atoms with Crippen LogP contribution in [0.2, 0.25) is 0 Å². The van der Waals surface area contributed by atoms with Gasteiger partial charge in [0.1, 0.15) is 5.75 Å². The van der Waals surface area contributed by atoms with Crippen LogP contribution in [0.4, 0.5) is 5.69 Å². The minimum absolute atomic E-state index is 0.0292. The third-order valence-corrected chi connectivity index (χ3v) is 8.10. The molecule has 1 saturated heterocycles. The zero-order chi connectivity index (χ0) is 23.6. The third kappa shape index (κ3) is 5.23. The van der Waals surface area contributed by atoms with Crippen molar-refractivity contribution in [2.24, 2.45) is 0 Å². The number of fused-ring (bicyclic) bond motifs is 3. The number of rotatable bonds is 4. The topological polar surface area (TPSA) is 70.2 Å². The molecule has 1 fully saturated rings. The van der Waals surface area contributed by atoms with E-state index in [4.69, 9.17) is 4.74 Å². The molecule has 33 heavy (non-hydrogen) atoms. The molecular weight excluding hydrogens is 438 g/mol. The lowest BCUT2D eigenvalue weighted by molar-refractivity contribution is -0.116. The largest absolute Gasteiger partial charge is 0.496 e. The van der Waals surface area contributed by atoms with Crippen molar-refractivity contribution >= 4 is 21.6 Å². The molecule has 0 spiro atoms. The number of amides is 1. The maximum Gasteiger partial charge on any atom is 0.223 e. The summed E-state index contributed by atoms with van der Waals surface area (Å²) in [6.07, 6.45) is 3.57. The van der Waals surface area contributed by atoms with E-state index in [-0.39, 0.29) is 18.0 Å². The highest BCUT2D eigenvalue weighted by atomic mass is 32.2. The molecule has 2 aromatic carbocycles. The van der Waals surface area contributed by atoms with Gasteiger partial charge in [-0.25, -0.2) is 8.42 Å². The van der Waals surface area contributed by atoms with E-state index in [0.717, 1.165) is 35.4 Å². The summed E-state index contributed by atoms with van der Waals surface area (Å²) in [5.41, 5.74) is 3.02. The maximum absolute atomic E-state index is 12.8. The molecule has 2 bridgehead atoms. The molecule has 2 aliphatic rings. The van der Waals surface area contributed by atoms with Crippen molar-refractivity contribution in [2.45, 2.75) is 51.4 Å². The van der Waals surface area contributed by atoms with E-state index >= 15 is 0 Å². The van der Waals surface area contributed by atoms with Crippen LogP contribution in [0, 0.1) is 0 Å². The Kier molecular flexibility index (Phi) is 7.07. The van der Waals surface area contributed by atoms with Gasteiger partial charge in [0.2, 0.25) is 15.9 Å². The molecule has 4 rings (SSSR count). The summed E-state index contributed by atoms with van der Waals surface area (Å²) in [4.78, 5) is 16.7. The second-order valence-electron chi connectivity index (χ2n) is 9.05. The van der Waals surface area contributed by atoms with Crippen LogP contribution in [-0.2, 0) is 27.9 Å². The van der Waals surface area contributed by atoms with Crippen LogP contribution >= 0.6 is 0 Å². The Bertz CT molecular complexity index is 1100. The Labute approximate surface area is 197 Å². The summed E-state index contributed by atoms with van der Waals surface area (Å²) in [5.74, 6) is 0.785. The van der Waals surface area contributed by atoms with Crippen molar-refractivity contribution in [3.05, 3.63) is 59.7 Å². The molecule has 7 nitrogen and oxygen atoms in total. The first kappa shape index (κ1) is 23.7. The van der Waals surface area contributed by atoms with Crippen molar-refractivity contribution in [1.82, 2.24) is 9.21 Å². The minimum Gasteiger partial charge on any atom is -0.496 e. The molecule has 0 unspecified atom stereocenters. The number of sulfonamides is 1. The molecule has 0 N–H and O–H groups in total. The first-order valence-electron chi connectivity index (χ1n) is 11.5. The average Bonchev–Trinajstić information content (AvgIpc) is 3.16. The predicted molar refractivity (Wildman–Crippen MR) is 130 cm³/mol. The smallest absolute Gasteiger partial charge is 0.223 e. The molecule has 0 radical (unpaired) electrons. The molecule has 0 saturated carbocycles. The Morgan fingerprint density at radius 2 is 1.73 bits per heavy atom. The fourth-order valence-electron chi connectivity index (χ4n) is 5.35. The number of methoxy groups -OCH3 is 1. The van der Waals surface area contributed by atoms with E-state index in [1.165, 1.54) is 6.26 Å². The Morgan fingerprint density at radius 3 is 2.45 bits per heavy atom. The van der Waals surface area contributed by atoms with Crippen LogP contribution in [0.5, 0.6) is 5.75 Å². The van der Waals surface area contributed by atoms with Crippen molar-refractivity contribution < 1.29 is 17.9 Å². The van der Waals surface area contributed by atoms with Gasteiger partial charge in [0.15, 0.2) is 0 Å². The van der Waals surface area contributed by atoms with Crippen LogP contribution in [0.15, 0.2) is 48.5 Å².